The van der Waals surface area contributed by atoms with Crippen molar-refractivity contribution in [2.24, 2.45) is 0 Å². The predicted molar refractivity (Wildman–Crippen MR) is 127 cm³/mol. The molecular weight excluding hydrogens is 430 g/mol. The summed E-state index contributed by atoms with van der Waals surface area (Å²) in [5.41, 5.74) is 1.63. The van der Waals surface area contributed by atoms with E-state index in [1.807, 2.05) is 19.1 Å². The van der Waals surface area contributed by atoms with Crippen LogP contribution in [0.3, 0.4) is 0 Å². The molecule has 180 valence electrons. The van der Waals surface area contributed by atoms with Crippen molar-refractivity contribution >= 4 is 17.7 Å². The molecule has 8 nitrogen and oxygen atoms in total. The normalized spacial score (nSPS) is 22.5. The van der Waals surface area contributed by atoms with Crippen LogP contribution >= 0.6 is 0 Å². The van der Waals surface area contributed by atoms with E-state index < -0.39 is 5.54 Å². The van der Waals surface area contributed by atoms with Gasteiger partial charge in [-0.2, -0.15) is 0 Å². The average Bonchev–Trinajstić information content (AvgIpc) is 3.35. The molecule has 0 bridgehead atoms. The van der Waals surface area contributed by atoms with E-state index in [0.29, 0.717) is 13.1 Å². The van der Waals surface area contributed by atoms with Gasteiger partial charge in [0.25, 0.3) is 11.8 Å². The van der Waals surface area contributed by atoms with Gasteiger partial charge in [-0.3, -0.25) is 14.4 Å². The molecule has 34 heavy (non-hydrogen) atoms. The monoisotopic (exact) mass is 463 g/mol. The number of aromatic nitrogens is 2. The Morgan fingerprint density at radius 2 is 1.76 bits per heavy atom. The molecule has 3 amide bonds. The summed E-state index contributed by atoms with van der Waals surface area (Å²) in [5.74, 6) is -0.773. The van der Waals surface area contributed by atoms with Crippen LogP contribution in [0.2, 0.25) is 0 Å². The third kappa shape index (κ3) is 4.10. The zero-order valence-electron chi connectivity index (χ0n) is 20.0. The lowest BCUT2D eigenvalue weighted by atomic mass is 9.93. The fourth-order valence-electron chi connectivity index (χ4n) is 5.29. The minimum Gasteiger partial charge on any atom is -0.351 e. The Bertz CT molecular complexity index is 1100. The zero-order chi connectivity index (χ0) is 23.9. The van der Waals surface area contributed by atoms with E-state index >= 15 is 0 Å². The quantitative estimate of drug-likeness (QED) is 0.660. The summed E-state index contributed by atoms with van der Waals surface area (Å²) in [7, 11) is 0. The van der Waals surface area contributed by atoms with Crippen molar-refractivity contribution in [1.82, 2.24) is 25.1 Å². The number of imidazole rings is 1. The van der Waals surface area contributed by atoms with Crippen LogP contribution in [0.15, 0.2) is 30.6 Å². The van der Waals surface area contributed by atoms with Crippen LogP contribution in [0.5, 0.6) is 0 Å². The molecule has 0 spiro atoms. The summed E-state index contributed by atoms with van der Waals surface area (Å²) in [6.07, 6.45) is 8.46. The van der Waals surface area contributed by atoms with Crippen LogP contribution in [0.25, 0.3) is 0 Å². The molecule has 1 aromatic heterocycles. The first-order valence-corrected chi connectivity index (χ1v) is 12.5. The molecule has 3 aliphatic rings. The van der Waals surface area contributed by atoms with E-state index in [4.69, 9.17) is 0 Å². The first kappa shape index (κ1) is 22.6. The van der Waals surface area contributed by atoms with Gasteiger partial charge in [0.2, 0.25) is 5.91 Å². The van der Waals surface area contributed by atoms with Gasteiger partial charge in [-0.05, 0) is 50.2 Å². The third-order valence-electron chi connectivity index (χ3n) is 7.46. The number of carbonyl (C=O) groups excluding carboxylic acids is 3. The standard InChI is InChI=1S/C26H33N5O3/c1-3-17-8-10-18(11-9-17)14-27-23(32)21-22-24(33)31(20-12-13-20)26(2,15-30(22)16-28-21)25(34)29-19-6-4-5-7-19/h8-11,16,19-20H,3-7,12-15H2,1-2H3,(H,27,32)(H,29,34). The molecule has 2 aromatic rings. The molecule has 5 rings (SSSR count). The maximum Gasteiger partial charge on any atom is 0.274 e. The maximum absolute atomic E-state index is 13.7. The third-order valence-corrected chi connectivity index (χ3v) is 7.46. The molecule has 2 fully saturated rings. The van der Waals surface area contributed by atoms with Crippen molar-refractivity contribution in [3.05, 3.63) is 53.1 Å². The number of carbonyl (C=O) groups is 3. The van der Waals surface area contributed by atoms with Gasteiger partial charge < -0.3 is 20.1 Å². The molecule has 2 N–H and O–H groups in total. The van der Waals surface area contributed by atoms with Crippen molar-refractivity contribution in [2.45, 2.75) is 89.5 Å². The summed E-state index contributed by atoms with van der Waals surface area (Å²) in [4.78, 5) is 46.1. The summed E-state index contributed by atoms with van der Waals surface area (Å²) in [5, 5.41) is 6.08. The summed E-state index contributed by atoms with van der Waals surface area (Å²) in [6.45, 7) is 4.60. The molecule has 1 aromatic carbocycles. The second-order valence-corrected chi connectivity index (χ2v) is 10.1. The van der Waals surface area contributed by atoms with Gasteiger partial charge in [-0.1, -0.05) is 44.0 Å². The van der Waals surface area contributed by atoms with Crippen LogP contribution in [0, 0.1) is 0 Å². The molecule has 1 aliphatic heterocycles. The Labute approximate surface area is 200 Å². The van der Waals surface area contributed by atoms with Crippen molar-refractivity contribution in [3.63, 3.8) is 0 Å². The molecule has 2 saturated carbocycles. The van der Waals surface area contributed by atoms with Gasteiger partial charge in [0.1, 0.15) is 11.2 Å². The summed E-state index contributed by atoms with van der Waals surface area (Å²) < 4.78 is 1.68. The Balaban J connectivity index is 1.36. The van der Waals surface area contributed by atoms with Gasteiger partial charge >= 0.3 is 0 Å². The van der Waals surface area contributed by atoms with Crippen LogP contribution in [-0.4, -0.2) is 49.8 Å². The molecule has 2 aliphatic carbocycles. The van der Waals surface area contributed by atoms with E-state index in [0.717, 1.165) is 50.5 Å². The fourth-order valence-corrected chi connectivity index (χ4v) is 5.29. The van der Waals surface area contributed by atoms with Gasteiger partial charge in [-0.25, -0.2) is 4.98 Å². The highest BCUT2D eigenvalue weighted by atomic mass is 16.2. The molecule has 0 saturated heterocycles. The van der Waals surface area contributed by atoms with Gasteiger partial charge in [0.05, 0.1) is 12.9 Å². The average molecular weight is 464 g/mol. The molecule has 8 heteroatoms. The van der Waals surface area contributed by atoms with Gasteiger partial charge in [0.15, 0.2) is 5.69 Å². The molecule has 1 unspecified atom stereocenters. The lowest BCUT2D eigenvalue weighted by molar-refractivity contribution is -0.134. The topological polar surface area (TPSA) is 96.3 Å². The number of nitrogens with one attached hydrogen (secondary N) is 2. The summed E-state index contributed by atoms with van der Waals surface area (Å²) in [6, 6.07) is 8.30. The lowest BCUT2D eigenvalue weighted by Crippen LogP contribution is -2.65. The fraction of sp³-hybridized carbons (Fsp3) is 0.538. The first-order chi connectivity index (χ1) is 16.4. The van der Waals surface area contributed by atoms with E-state index in [2.05, 4.69) is 34.7 Å². The number of hydrogen-bond acceptors (Lipinski definition) is 4. The van der Waals surface area contributed by atoms with E-state index in [1.165, 1.54) is 11.9 Å². The SMILES string of the molecule is CCc1ccc(CNC(=O)c2ncn3c2C(=O)N(C2CC2)C(C)(C(=O)NC2CCCC2)C3)cc1. The highest BCUT2D eigenvalue weighted by Gasteiger charge is 2.54. The van der Waals surface area contributed by atoms with Crippen LogP contribution in [-0.2, 0) is 24.3 Å². The van der Waals surface area contributed by atoms with Crippen LogP contribution in [0.1, 0.15) is 84.5 Å². The second-order valence-electron chi connectivity index (χ2n) is 10.1. The van der Waals surface area contributed by atoms with Gasteiger partial charge in [-0.15, -0.1) is 0 Å². The van der Waals surface area contributed by atoms with E-state index in [1.54, 1.807) is 9.47 Å². The lowest BCUT2D eigenvalue weighted by Gasteiger charge is -2.44. The molecule has 1 atom stereocenters. The second kappa shape index (κ2) is 8.89. The Hall–Kier alpha value is -3.16. The number of hydrogen-bond donors (Lipinski definition) is 2. The minimum absolute atomic E-state index is 0.0310. The number of rotatable bonds is 7. The molecular formula is C26H33N5O3. The Morgan fingerprint density at radius 1 is 1.09 bits per heavy atom. The van der Waals surface area contributed by atoms with Crippen molar-refractivity contribution in [1.29, 1.82) is 0 Å². The smallest absolute Gasteiger partial charge is 0.274 e. The van der Waals surface area contributed by atoms with Crippen molar-refractivity contribution in [2.75, 3.05) is 0 Å². The number of aryl methyl sites for hydroxylation is 1. The van der Waals surface area contributed by atoms with Crippen molar-refractivity contribution in [3.8, 4) is 0 Å². The molecule has 0 radical (unpaired) electrons. The largest absolute Gasteiger partial charge is 0.351 e. The molecule has 2 heterocycles. The maximum atomic E-state index is 13.7. The number of amides is 3. The Morgan fingerprint density at radius 3 is 2.41 bits per heavy atom. The number of nitrogens with zero attached hydrogens (tertiary/aromatic N) is 3. The van der Waals surface area contributed by atoms with Gasteiger partial charge in [0, 0.05) is 18.6 Å². The minimum atomic E-state index is -0.997. The van der Waals surface area contributed by atoms with Crippen LogP contribution < -0.4 is 10.6 Å². The Kier molecular flexibility index (Phi) is 5.91. The van der Waals surface area contributed by atoms with Crippen molar-refractivity contribution < 1.29 is 14.4 Å². The summed E-state index contributed by atoms with van der Waals surface area (Å²) >= 11 is 0. The van der Waals surface area contributed by atoms with E-state index in [9.17, 15) is 14.4 Å². The number of fused-ring (bicyclic) bond motifs is 1. The van der Waals surface area contributed by atoms with Crippen LogP contribution in [0.4, 0.5) is 0 Å². The number of benzene rings is 1. The van der Waals surface area contributed by atoms with E-state index in [-0.39, 0.29) is 41.2 Å². The predicted octanol–water partition coefficient (Wildman–Crippen LogP) is 2.81. The highest BCUT2D eigenvalue weighted by molar-refractivity contribution is 6.07. The highest BCUT2D eigenvalue weighted by Crippen LogP contribution is 2.39. The zero-order valence-corrected chi connectivity index (χ0v) is 20.0. The first-order valence-electron chi connectivity index (χ1n) is 12.5.